The van der Waals surface area contributed by atoms with E-state index in [1.54, 1.807) is 30.3 Å². The number of ether oxygens (including phenoxy) is 2. The van der Waals surface area contributed by atoms with Gasteiger partial charge in [-0.1, -0.05) is 29.8 Å². The van der Waals surface area contributed by atoms with E-state index in [1.807, 2.05) is 19.1 Å². The summed E-state index contributed by atoms with van der Waals surface area (Å²) in [6, 6.07) is 12.1. The number of methoxy groups -OCH3 is 1. The van der Waals surface area contributed by atoms with E-state index in [2.05, 4.69) is 5.32 Å². The number of amides is 1. The second kappa shape index (κ2) is 8.98. The number of nitrogens with one attached hydrogen (secondary N) is 1. The highest BCUT2D eigenvalue weighted by Crippen LogP contribution is 2.21. The van der Waals surface area contributed by atoms with Gasteiger partial charge in [0.15, 0.2) is 11.9 Å². The molecule has 0 fully saturated rings. The molecule has 0 aliphatic rings. The lowest BCUT2D eigenvalue weighted by molar-refractivity contribution is -0.152. The van der Waals surface area contributed by atoms with E-state index >= 15 is 0 Å². The minimum atomic E-state index is -0.978. The second-order valence-corrected chi connectivity index (χ2v) is 6.25. The lowest BCUT2D eigenvalue weighted by Crippen LogP contribution is -2.30. The van der Waals surface area contributed by atoms with E-state index in [0.717, 1.165) is 5.56 Å². The van der Waals surface area contributed by atoms with E-state index in [0.29, 0.717) is 22.6 Å². The molecular formula is C21H23NO5. The highest BCUT2D eigenvalue weighted by Gasteiger charge is 2.19. The zero-order valence-corrected chi connectivity index (χ0v) is 15.9. The lowest BCUT2D eigenvalue weighted by atomic mass is 10.1. The van der Waals surface area contributed by atoms with Crippen molar-refractivity contribution in [2.75, 3.05) is 12.4 Å². The van der Waals surface area contributed by atoms with Crippen LogP contribution in [0.3, 0.4) is 0 Å². The number of anilines is 1. The lowest BCUT2D eigenvalue weighted by Gasteiger charge is -2.15. The van der Waals surface area contributed by atoms with Crippen molar-refractivity contribution in [1.29, 1.82) is 0 Å². The maximum atomic E-state index is 12.3. The summed E-state index contributed by atoms with van der Waals surface area (Å²) in [7, 11) is 1.53. The summed E-state index contributed by atoms with van der Waals surface area (Å²) in [4.78, 5) is 35.9. The van der Waals surface area contributed by atoms with Crippen molar-refractivity contribution in [2.45, 2.75) is 33.3 Å². The molecule has 27 heavy (non-hydrogen) atoms. The van der Waals surface area contributed by atoms with Crippen molar-refractivity contribution in [3.8, 4) is 5.75 Å². The van der Waals surface area contributed by atoms with Crippen LogP contribution >= 0.6 is 0 Å². The van der Waals surface area contributed by atoms with Gasteiger partial charge in [-0.25, -0.2) is 0 Å². The van der Waals surface area contributed by atoms with Gasteiger partial charge in [0, 0.05) is 16.8 Å². The van der Waals surface area contributed by atoms with Gasteiger partial charge in [-0.2, -0.15) is 0 Å². The molecule has 2 aromatic carbocycles. The van der Waals surface area contributed by atoms with Gasteiger partial charge in [0.1, 0.15) is 5.75 Å². The topological polar surface area (TPSA) is 81.7 Å². The van der Waals surface area contributed by atoms with Crippen molar-refractivity contribution in [3.05, 3.63) is 59.2 Å². The van der Waals surface area contributed by atoms with Crippen LogP contribution in [0, 0.1) is 6.92 Å². The fourth-order valence-electron chi connectivity index (χ4n) is 2.55. The Hall–Kier alpha value is -3.15. The van der Waals surface area contributed by atoms with Gasteiger partial charge in [-0.05, 0) is 39.0 Å². The van der Waals surface area contributed by atoms with Crippen molar-refractivity contribution < 1.29 is 23.9 Å². The summed E-state index contributed by atoms with van der Waals surface area (Å²) < 4.78 is 10.5. The molecule has 0 bridgehead atoms. The van der Waals surface area contributed by atoms with Crippen LogP contribution in [0.2, 0.25) is 0 Å². The Balaban J connectivity index is 1.98. The zero-order chi connectivity index (χ0) is 20.0. The fourth-order valence-corrected chi connectivity index (χ4v) is 2.55. The maximum absolute atomic E-state index is 12.3. The third-order valence-corrected chi connectivity index (χ3v) is 3.98. The van der Waals surface area contributed by atoms with Gasteiger partial charge in [-0.3, -0.25) is 14.4 Å². The van der Waals surface area contributed by atoms with Crippen LogP contribution in [-0.2, 0) is 20.7 Å². The minimum absolute atomic E-state index is 0.00228. The molecule has 1 N–H and O–H groups in total. The van der Waals surface area contributed by atoms with Crippen LogP contribution in [0.15, 0.2) is 42.5 Å². The number of hydrogen-bond acceptors (Lipinski definition) is 5. The predicted octanol–water partition coefficient (Wildman–Crippen LogP) is 3.32. The predicted molar refractivity (Wildman–Crippen MR) is 102 cm³/mol. The Morgan fingerprint density at radius 3 is 2.52 bits per heavy atom. The van der Waals surface area contributed by atoms with Gasteiger partial charge in [0.2, 0.25) is 0 Å². The molecule has 2 aromatic rings. The van der Waals surface area contributed by atoms with Gasteiger partial charge in [0.25, 0.3) is 5.91 Å². The fraction of sp³-hybridized carbons (Fsp3) is 0.286. The molecule has 0 spiro atoms. The molecule has 6 nitrogen and oxygen atoms in total. The molecule has 0 saturated carbocycles. The molecule has 0 heterocycles. The van der Waals surface area contributed by atoms with Crippen LogP contribution in [0.4, 0.5) is 5.69 Å². The summed E-state index contributed by atoms with van der Waals surface area (Å²) in [6.07, 6.45) is -0.975. The van der Waals surface area contributed by atoms with Crippen LogP contribution in [0.25, 0.3) is 0 Å². The summed E-state index contributed by atoms with van der Waals surface area (Å²) >= 11 is 0. The number of hydrogen-bond donors (Lipinski definition) is 1. The molecule has 0 radical (unpaired) electrons. The largest absolute Gasteiger partial charge is 0.496 e. The number of carbonyl (C=O) groups is 3. The number of ketones is 1. The van der Waals surface area contributed by atoms with Gasteiger partial charge in [-0.15, -0.1) is 0 Å². The number of aryl methyl sites for hydroxylation is 1. The average Bonchev–Trinajstić information content (AvgIpc) is 2.62. The number of esters is 1. The number of benzene rings is 2. The third kappa shape index (κ3) is 5.67. The summed E-state index contributed by atoms with van der Waals surface area (Å²) in [5.41, 5.74) is 2.65. The zero-order valence-electron chi connectivity index (χ0n) is 15.9. The Morgan fingerprint density at radius 1 is 1.11 bits per heavy atom. The Kier molecular flexibility index (Phi) is 6.71. The molecule has 2 rings (SSSR count). The molecule has 1 atom stereocenters. The van der Waals surface area contributed by atoms with Crippen LogP contribution < -0.4 is 10.1 Å². The van der Waals surface area contributed by atoms with Crippen molar-refractivity contribution >= 4 is 23.3 Å². The van der Waals surface area contributed by atoms with E-state index in [4.69, 9.17) is 9.47 Å². The first kappa shape index (κ1) is 20.2. The van der Waals surface area contributed by atoms with Crippen LogP contribution in [0.5, 0.6) is 5.75 Å². The van der Waals surface area contributed by atoms with E-state index < -0.39 is 18.0 Å². The number of rotatable bonds is 7. The first-order valence-corrected chi connectivity index (χ1v) is 8.55. The molecule has 0 unspecified atom stereocenters. The molecule has 0 aliphatic heterocycles. The van der Waals surface area contributed by atoms with Crippen LogP contribution in [0.1, 0.15) is 35.3 Å². The monoisotopic (exact) mass is 369 g/mol. The summed E-state index contributed by atoms with van der Waals surface area (Å²) in [5, 5.41) is 2.64. The molecule has 0 aliphatic carbocycles. The Morgan fingerprint density at radius 2 is 1.85 bits per heavy atom. The summed E-state index contributed by atoms with van der Waals surface area (Å²) in [5.74, 6) is -0.507. The first-order chi connectivity index (χ1) is 12.8. The van der Waals surface area contributed by atoms with E-state index in [1.165, 1.54) is 21.0 Å². The van der Waals surface area contributed by atoms with E-state index in [-0.39, 0.29) is 12.2 Å². The Labute approximate surface area is 158 Å². The third-order valence-electron chi connectivity index (χ3n) is 3.98. The van der Waals surface area contributed by atoms with Gasteiger partial charge >= 0.3 is 5.97 Å². The summed E-state index contributed by atoms with van der Waals surface area (Å²) in [6.45, 7) is 4.86. The number of Topliss-reactive ketones (excluding diaryl/α,β-unsaturated/α-hetero) is 1. The van der Waals surface area contributed by atoms with Crippen molar-refractivity contribution in [1.82, 2.24) is 0 Å². The molecule has 142 valence electrons. The SMILES string of the molecule is COc1ccc(C)cc1CC(=O)O[C@@H](C)C(=O)Nc1cccc(C(C)=O)c1. The van der Waals surface area contributed by atoms with Gasteiger partial charge < -0.3 is 14.8 Å². The quantitative estimate of drug-likeness (QED) is 0.598. The minimum Gasteiger partial charge on any atom is -0.496 e. The smallest absolute Gasteiger partial charge is 0.311 e. The average molecular weight is 369 g/mol. The molecule has 6 heteroatoms. The first-order valence-electron chi connectivity index (χ1n) is 8.55. The van der Waals surface area contributed by atoms with Crippen LogP contribution in [-0.4, -0.2) is 30.9 Å². The Bertz CT molecular complexity index is 859. The maximum Gasteiger partial charge on any atom is 0.311 e. The van der Waals surface area contributed by atoms with E-state index in [9.17, 15) is 14.4 Å². The second-order valence-electron chi connectivity index (χ2n) is 6.25. The molecular weight excluding hydrogens is 346 g/mol. The van der Waals surface area contributed by atoms with Crippen molar-refractivity contribution in [3.63, 3.8) is 0 Å². The van der Waals surface area contributed by atoms with Gasteiger partial charge in [0.05, 0.1) is 13.5 Å². The molecule has 1 amide bonds. The number of carbonyl (C=O) groups excluding carboxylic acids is 3. The van der Waals surface area contributed by atoms with Crippen molar-refractivity contribution in [2.24, 2.45) is 0 Å². The highest BCUT2D eigenvalue weighted by molar-refractivity contribution is 5.98. The highest BCUT2D eigenvalue weighted by atomic mass is 16.5. The standard InChI is InChI=1S/C21H23NO5/c1-13-8-9-19(26-4)17(10-13)12-20(24)27-15(3)21(25)22-18-7-5-6-16(11-18)14(2)23/h5-11,15H,12H2,1-4H3,(H,22,25)/t15-/m0/s1. The molecule has 0 aromatic heterocycles. The molecule has 0 saturated heterocycles. The normalized spacial score (nSPS) is 11.4.